The number of piperidine rings is 9. The van der Waals surface area contributed by atoms with Crippen LogP contribution in [0.1, 0.15) is 271 Å². The Hall–Kier alpha value is -8.20. The van der Waals surface area contributed by atoms with Gasteiger partial charge in [-0.1, -0.05) is 13.8 Å². The fraction of sp³-hybridized carbons (Fsp3) is 0.714. The molecule has 9 aliphatic rings. The minimum absolute atomic E-state index is 0.0252. The molecule has 0 saturated carbocycles. The Morgan fingerprint density at radius 2 is 0.773 bits per heavy atom. The van der Waals surface area contributed by atoms with Gasteiger partial charge in [0.15, 0.2) is 0 Å². The highest BCUT2D eigenvalue weighted by molar-refractivity contribution is 5.75. The molecule has 9 aromatic rings. The number of aromatic nitrogens is 18. The van der Waals surface area contributed by atoms with Crippen molar-refractivity contribution in [1.82, 2.24) is 138 Å². The summed E-state index contributed by atoms with van der Waals surface area (Å²) < 4.78 is 14.6. The molecule has 18 rings (SSSR count). The number of aromatic amines is 2. The molecule has 0 unspecified atom stereocenters. The summed E-state index contributed by atoms with van der Waals surface area (Å²) in [5, 5.41) is 42.7. The van der Waals surface area contributed by atoms with Gasteiger partial charge in [0.1, 0.15) is 18.2 Å². The van der Waals surface area contributed by atoms with Crippen LogP contribution in [0.2, 0.25) is 0 Å². The first-order valence-corrected chi connectivity index (χ1v) is 49.0. The van der Waals surface area contributed by atoms with Crippen molar-refractivity contribution in [1.29, 1.82) is 0 Å². The first-order valence-electron chi connectivity index (χ1n) is 49.0. The summed E-state index contributed by atoms with van der Waals surface area (Å²) in [6.45, 7) is 38.2. The lowest BCUT2D eigenvalue weighted by Gasteiger charge is -2.29. The fourth-order valence-corrected chi connectivity index (χ4v) is 20.3. The molecule has 128 heavy (non-hydrogen) atoms. The minimum atomic E-state index is 0.0252. The van der Waals surface area contributed by atoms with Crippen LogP contribution in [0.5, 0.6) is 0 Å². The summed E-state index contributed by atoms with van der Waals surface area (Å²) in [7, 11) is 27.5. The predicted octanol–water partition coefficient (Wildman–Crippen LogP) is 12.9. The van der Waals surface area contributed by atoms with Gasteiger partial charge in [0.2, 0.25) is 5.91 Å². The van der Waals surface area contributed by atoms with Crippen molar-refractivity contribution in [2.45, 2.75) is 249 Å². The lowest BCUT2D eigenvalue weighted by Crippen LogP contribution is -2.31. The van der Waals surface area contributed by atoms with E-state index in [1.54, 1.807) is 13.2 Å². The van der Waals surface area contributed by atoms with Crippen molar-refractivity contribution in [2.24, 2.45) is 21.1 Å². The van der Waals surface area contributed by atoms with Gasteiger partial charge >= 0.3 is 0 Å². The average molecular weight is 1770 g/mol. The summed E-state index contributed by atoms with van der Waals surface area (Å²) >= 11 is 0. The second-order valence-corrected chi connectivity index (χ2v) is 38.4. The van der Waals surface area contributed by atoms with Crippen LogP contribution in [0.25, 0.3) is 0 Å². The maximum absolute atomic E-state index is 11.4. The molecule has 30 nitrogen and oxygen atoms in total. The van der Waals surface area contributed by atoms with E-state index in [0.29, 0.717) is 30.1 Å². The van der Waals surface area contributed by atoms with Gasteiger partial charge in [0.05, 0.1) is 18.6 Å². The summed E-state index contributed by atoms with van der Waals surface area (Å²) in [5.74, 6) is 7.88. The SMILES string of the molecule is CCCn1nccc1C1CCN(C)CC1.CCc1cnn(C)c1C1CCN(C)CC1.CCn1ncc(C)c1C1CCN(C)CC1.CCn1nccc1C1CCN(C)CC1.CN1CCC(c2cc(N)n[nH]2)CC1.CN1CCC(c2ccn[nH]2)CC1.CN1CCC(c2ccnn2C)CC1.CNC(=O)Cn1ccnc1C1CCN(C)CC1.Cc1cnn(C)c1C1CCN(C)CC1. The lowest BCUT2D eigenvalue weighted by molar-refractivity contribution is -0.121. The summed E-state index contributed by atoms with van der Waals surface area (Å²) in [5.41, 5.74) is 20.9. The van der Waals surface area contributed by atoms with Crippen molar-refractivity contribution < 1.29 is 4.79 Å². The number of anilines is 1. The first-order chi connectivity index (χ1) is 61.8. The molecule has 712 valence electrons. The molecule has 0 atom stereocenters. The Labute approximate surface area is 769 Å². The maximum atomic E-state index is 11.4. The number of hydrogen-bond donors (Lipinski definition) is 4. The third-order valence-corrected chi connectivity index (χ3v) is 28.7. The maximum Gasteiger partial charge on any atom is 0.239 e. The van der Waals surface area contributed by atoms with E-state index in [-0.39, 0.29) is 5.91 Å². The van der Waals surface area contributed by atoms with Crippen LogP contribution in [0.4, 0.5) is 5.82 Å². The number of carbonyl (C=O) groups excluding carboxylic acids is 1. The number of likely N-dealkylation sites (N-methyl/N-ethyl adjacent to an activating group) is 1. The largest absolute Gasteiger partial charge is 0.382 e. The number of nitrogens with two attached hydrogens (primary N) is 1. The van der Waals surface area contributed by atoms with Crippen molar-refractivity contribution in [2.75, 3.05) is 194 Å². The number of nitrogen functional groups attached to an aromatic ring is 1. The van der Waals surface area contributed by atoms with Crippen LogP contribution in [0.15, 0.2) is 86.1 Å². The average Bonchev–Trinajstić information content (AvgIpc) is 1.68. The Kier molecular flexibility index (Phi) is 42.0. The molecule has 0 aromatic carbocycles. The number of nitrogens with zero attached hydrogens (tertiary/aromatic N) is 25. The van der Waals surface area contributed by atoms with Gasteiger partial charge in [-0.25, -0.2) is 4.98 Å². The number of likely N-dealkylation sites (tertiary alicyclic amines) is 9. The van der Waals surface area contributed by atoms with Gasteiger partial charge in [0.25, 0.3) is 0 Å². The number of carbonyl (C=O) groups is 1. The highest BCUT2D eigenvalue weighted by Gasteiger charge is 2.30. The Morgan fingerprint density at radius 1 is 0.391 bits per heavy atom. The Balaban J connectivity index is 0.000000150. The van der Waals surface area contributed by atoms with Gasteiger partial charge in [-0.2, -0.15) is 40.8 Å². The molecule has 9 aromatic heterocycles. The van der Waals surface area contributed by atoms with Crippen molar-refractivity contribution in [3.8, 4) is 0 Å². The number of H-pyrrole nitrogens is 2. The van der Waals surface area contributed by atoms with E-state index < -0.39 is 0 Å². The highest BCUT2D eigenvalue weighted by Crippen LogP contribution is 2.36. The van der Waals surface area contributed by atoms with E-state index in [1.165, 1.54) is 276 Å². The minimum Gasteiger partial charge on any atom is -0.382 e. The lowest BCUT2D eigenvalue weighted by atomic mass is 9.91. The molecule has 0 radical (unpaired) electrons. The molecule has 5 N–H and O–H groups in total. The van der Waals surface area contributed by atoms with Crippen LogP contribution in [-0.4, -0.2) is 327 Å². The molecule has 0 spiro atoms. The highest BCUT2D eigenvalue weighted by atomic mass is 16.1. The van der Waals surface area contributed by atoms with E-state index in [1.807, 2.05) is 76.6 Å². The first kappa shape index (κ1) is 102. The Bertz CT molecular complexity index is 4380. The van der Waals surface area contributed by atoms with Crippen LogP contribution in [0.3, 0.4) is 0 Å². The van der Waals surface area contributed by atoms with Crippen LogP contribution >= 0.6 is 0 Å². The molecule has 9 aliphatic heterocycles. The van der Waals surface area contributed by atoms with Crippen molar-refractivity contribution in [3.63, 3.8) is 0 Å². The molecular weight excluding hydrogens is 1600 g/mol. The molecule has 9 saturated heterocycles. The number of aryl methyl sites for hydroxylation is 9. The smallest absolute Gasteiger partial charge is 0.239 e. The van der Waals surface area contributed by atoms with Gasteiger partial charge in [0, 0.05) is 190 Å². The van der Waals surface area contributed by atoms with E-state index in [9.17, 15) is 4.79 Å². The number of hydrogen-bond acceptors (Lipinski definition) is 20. The van der Waals surface area contributed by atoms with Gasteiger partial charge < -0.3 is 59.7 Å². The molecule has 9 fully saturated rings. The number of nitrogens with one attached hydrogen (secondary N) is 3. The summed E-state index contributed by atoms with van der Waals surface area (Å²) in [4.78, 5) is 37.3. The molecule has 18 heterocycles. The number of imidazole rings is 1. The number of rotatable bonds is 16. The topological polar surface area (TPSA) is 266 Å². The fourth-order valence-electron chi connectivity index (χ4n) is 20.3. The zero-order valence-electron chi connectivity index (χ0n) is 82.6. The van der Waals surface area contributed by atoms with Crippen molar-refractivity contribution in [3.05, 3.63) is 154 Å². The monoisotopic (exact) mass is 1770 g/mol. The van der Waals surface area contributed by atoms with Gasteiger partial charge in [-0.15, -0.1) is 0 Å². The predicted molar refractivity (Wildman–Crippen MR) is 520 cm³/mol. The van der Waals surface area contributed by atoms with E-state index >= 15 is 0 Å². The molecule has 30 heteroatoms. The zero-order chi connectivity index (χ0) is 91.6. The molecule has 0 aliphatic carbocycles. The molecular formula is C98H169N29O. The van der Waals surface area contributed by atoms with Crippen molar-refractivity contribution >= 4 is 11.7 Å². The summed E-state index contributed by atoms with van der Waals surface area (Å²) in [6.07, 6.45) is 42.1. The molecule has 0 bridgehead atoms. The second kappa shape index (κ2) is 52.7. The van der Waals surface area contributed by atoms with Crippen LogP contribution in [0, 0.1) is 13.8 Å². The zero-order valence-corrected chi connectivity index (χ0v) is 82.6. The standard InChI is InChI=1S/C12H20N4O.3C12H21N3.2C11H19N3.C10H17N3.C9H16N4.C9H15N3/c1-13-11(17)9-16-8-5-14-12(16)10-3-6-15(2)7-4-10;1-4-10-9-13-15(3)12(10)11-5-7-14(2)8-6-11;1-4-15-12(10(2)9-13-15)11-5-7-14(3)8-6-11;1-3-8-15-12(4-7-13-15)11-5-9-14(2)10-6-11;1-9-8-12-14(3)11(9)10-4-6-13(2)7-5-10;1-3-14-11(4-7-12-14)10-5-8-13(2)9-6-10;1-12-7-4-9(5-8-12)10-3-6-11-13(10)2;1-13-4-2-7(3-5-13)8-6-9(10)12-11-8;1-12-6-3-8(4-7-12)9-2-5-10-11-9/h5,8,10H,3-4,6-7,9H2,1-2H3,(H,13,17);2*9,11H,4-8H2,1-3H3;4,7,11H,3,5-6,8-10H2,1-2H3;8,10H,4-7H2,1-3H3;4,7,10H,3,5-6,8-9H2,1-2H3;3,6,9H,4-5,7-8H2,1-2H3;6-7H,2-5H2,1H3,(H3,10,11,12);2,5,8H,3-4,6-7H2,1H3,(H,10,11). The normalized spacial score (nSPS) is 20.0. The van der Waals surface area contributed by atoms with Gasteiger partial charge in [-0.05, 0) is 378 Å². The van der Waals surface area contributed by atoms with Crippen LogP contribution < -0.4 is 11.1 Å². The third kappa shape index (κ3) is 31.0. The molecule has 1 amide bonds. The summed E-state index contributed by atoms with van der Waals surface area (Å²) in [6, 6.07) is 10.6. The second-order valence-electron chi connectivity index (χ2n) is 38.4. The van der Waals surface area contributed by atoms with Gasteiger partial charge in [-0.3, -0.25) is 43.1 Å². The number of amides is 1. The van der Waals surface area contributed by atoms with Crippen LogP contribution in [-0.2, 0) is 58.5 Å². The van der Waals surface area contributed by atoms with E-state index in [0.717, 1.165) is 93.3 Å². The quantitative estimate of drug-likeness (QED) is 0.0700. The Morgan fingerprint density at radius 3 is 1.18 bits per heavy atom. The van der Waals surface area contributed by atoms with E-state index in [2.05, 4.69) is 267 Å². The third-order valence-electron chi connectivity index (χ3n) is 28.7. The van der Waals surface area contributed by atoms with E-state index in [4.69, 9.17) is 5.73 Å².